The summed E-state index contributed by atoms with van der Waals surface area (Å²) in [6.45, 7) is 0.304. The molecule has 37 heavy (non-hydrogen) atoms. The fourth-order valence-corrected chi connectivity index (χ4v) is 5.56. The van der Waals surface area contributed by atoms with Crippen LogP contribution in [-0.4, -0.2) is 51.5 Å². The number of aromatic nitrogens is 1. The van der Waals surface area contributed by atoms with Crippen molar-refractivity contribution in [2.45, 2.75) is 25.0 Å². The second kappa shape index (κ2) is 9.04. The van der Waals surface area contributed by atoms with Crippen LogP contribution in [0, 0.1) is 5.21 Å². The molecule has 9 heteroatoms. The van der Waals surface area contributed by atoms with Crippen LogP contribution in [0.2, 0.25) is 0 Å². The van der Waals surface area contributed by atoms with E-state index in [1.54, 1.807) is 29.0 Å². The molecule has 2 amide bonds. The minimum absolute atomic E-state index is 0.0271. The van der Waals surface area contributed by atoms with Crippen molar-refractivity contribution < 1.29 is 24.8 Å². The highest BCUT2D eigenvalue weighted by atomic mass is 16.8. The van der Waals surface area contributed by atoms with Crippen LogP contribution in [0.1, 0.15) is 28.4 Å². The van der Waals surface area contributed by atoms with Gasteiger partial charge in [0, 0.05) is 41.7 Å². The molecule has 3 aromatic carbocycles. The van der Waals surface area contributed by atoms with Crippen molar-refractivity contribution in [1.82, 2.24) is 14.8 Å². The topological polar surface area (TPSA) is 113 Å². The summed E-state index contributed by atoms with van der Waals surface area (Å²) in [5.74, 6) is 0.486. The Morgan fingerprint density at radius 2 is 1.78 bits per heavy atom. The van der Waals surface area contributed by atoms with Gasteiger partial charge in [-0.1, -0.05) is 42.5 Å². The monoisotopic (exact) mass is 498 g/mol. The van der Waals surface area contributed by atoms with E-state index in [0.29, 0.717) is 13.0 Å². The van der Waals surface area contributed by atoms with E-state index in [1.807, 2.05) is 48.5 Å². The normalized spacial score (nSPS) is 20.1. The first kappa shape index (κ1) is 23.2. The third-order valence-electron chi connectivity index (χ3n) is 7.35. The lowest BCUT2D eigenvalue weighted by Gasteiger charge is -2.47. The Morgan fingerprint density at radius 1 is 1.05 bits per heavy atom. The van der Waals surface area contributed by atoms with Crippen LogP contribution in [0.25, 0.3) is 10.9 Å². The van der Waals surface area contributed by atoms with Crippen LogP contribution in [0.15, 0.2) is 72.8 Å². The first-order valence-electron chi connectivity index (χ1n) is 12.1. The van der Waals surface area contributed by atoms with Crippen molar-refractivity contribution in [3.63, 3.8) is 0 Å². The largest absolute Gasteiger partial charge is 0.595 e. The van der Waals surface area contributed by atoms with Crippen molar-refractivity contribution in [1.29, 1.82) is 0 Å². The number of nitrogens with zero attached hydrogens (tertiary/aromatic N) is 2. The Balaban J connectivity index is 1.41. The number of amides is 2. The zero-order valence-electron chi connectivity index (χ0n) is 20.2. The number of hydrogen-bond acceptors (Lipinski definition) is 5. The number of para-hydroxylation sites is 1. The van der Waals surface area contributed by atoms with Gasteiger partial charge in [-0.25, -0.2) is 5.21 Å². The fourth-order valence-electron chi connectivity index (χ4n) is 5.56. The summed E-state index contributed by atoms with van der Waals surface area (Å²) in [5, 5.41) is 20.8. The maximum atomic E-state index is 13.8. The Kier molecular flexibility index (Phi) is 5.68. The number of methoxy groups -OCH3 is 1. The van der Waals surface area contributed by atoms with E-state index in [1.165, 1.54) is 12.1 Å². The molecule has 0 aliphatic carbocycles. The molecule has 3 unspecified atom stereocenters. The predicted molar refractivity (Wildman–Crippen MR) is 135 cm³/mol. The summed E-state index contributed by atoms with van der Waals surface area (Å²) in [4.78, 5) is 34.3. The lowest BCUT2D eigenvalue weighted by atomic mass is 9.86. The van der Waals surface area contributed by atoms with Gasteiger partial charge in [0.25, 0.3) is 0 Å². The van der Waals surface area contributed by atoms with Gasteiger partial charge in [-0.05, 0) is 34.9 Å². The van der Waals surface area contributed by atoms with Crippen molar-refractivity contribution in [3.05, 3.63) is 100 Å². The first-order valence-corrected chi connectivity index (χ1v) is 12.1. The molecule has 1 saturated heterocycles. The van der Waals surface area contributed by atoms with E-state index in [-0.39, 0.29) is 24.0 Å². The Labute approximate surface area is 213 Å². The summed E-state index contributed by atoms with van der Waals surface area (Å²) < 4.78 is 5.23. The fraction of sp³-hybridized carbons (Fsp3) is 0.214. The number of fused-ring (bicyclic) bond motifs is 4. The molecule has 2 aliphatic heterocycles. The number of hydrogen-bond donors (Lipinski definition) is 3. The molecule has 3 heterocycles. The van der Waals surface area contributed by atoms with Gasteiger partial charge in [-0.3, -0.25) is 9.59 Å². The predicted octanol–water partition coefficient (Wildman–Crippen LogP) is 2.46. The summed E-state index contributed by atoms with van der Waals surface area (Å²) in [7, 11) is 1.60. The number of aromatic amines is 1. The zero-order chi connectivity index (χ0) is 25.7. The highest BCUT2D eigenvalue weighted by Gasteiger charge is 2.48. The molecule has 3 atom stereocenters. The minimum atomic E-state index is -1.02. The average molecular weight is 499 g/mol. The van der Waals surface area contributed by atoms with Crippen LogP contribution < -0.4 is 9.96 Å². The van der Waals surface area contributed by atoms with E-state index >= 15 is 0 Å². The zero-order valence-corrected chi connectivity index (χ0v) is 20.2. The number of benzene rings is 3. The standard InChI is InChI=1S/C28H26N4O5/c1-37-20-12-6-17(7-13-20)15-30-16-25(33)31-24(28(30)34)14-22-21-4-2-3-5-23(21)29-26(22)27(31)18-8-10-19(11-9-18)32(35)36/h2-13,24,27,29,32,35H,14-16H2,1H3. The quantitative estimate of drug-likeness (QED) is 0.366. The summed E-state index contributed by atoms with van der Waals surface area (Å²) >= 11 is 0. The van der Waals surface area contributed by atoms with Gasteiger partial charge in [0.05, 0.1) is 13.2 Å². The van der Waals surface area contributed by atoms with Crippen LogP contribution in [0.5, 0.6) is 5.75 Å². The summed E-state index contributed by atoms with van der Waals surface area (Å²) in [5.41, 5.74) is 4.66. The van der Waals surface area contributed by atoms with E-state index in [0.717, 1.165) is 39.0 Å². The third-order valence-corrected chi connectivity index (χ3v) is 7.35. The molecule has 0 bridgehead atoms. The maximum Gasteiger partial charge on any atom is 0.246 e. The number of quaternary nitrogens is 1. The Bertz CT molecular complexity index is 1480. The number of piperazine rings is 1. The lowest BCUT2D eigenvalue weighted by Crippen LogP contribution is -2.99. The number of carbonyl (C=O) groups is 2. The molecule has 188 valence electrons. The van der Waals surface area contributed by atoms with Crippen LogP contribution >= 0.6 is 0 Å². The van der Waals surface area contributed by atoms with E-state index in [9.17, 15) is 20.0 Å². The molecule has 4 aromatic rings. The Morgan fingerprint density at radius 3 is 2.49 bits per heavy atom. The molecule has 3 N–H and O–H groups in total. The van der Waals surface area contributed by atoms with E-state index < -0.39 is 17.3 Å². The van der Waals surface area contributed by atoms with Crippen molar-refractivity contribution in [2.24, 2.45) is 0 Å². The van der Waals surface area contributed by atoms with E-state index in [4.69, 9.17) is 4.74 Å². The second-order valence-electron chi connectivity index (χ2n) is 9.46. The van der Waals surface area contributed by atoms with Crippen molar-refractivity contribution in [3.8, 4) is 5.75 Å². The average Bonchev–Trinajstić information content (AvgIpc) is 3.29. The number of rotatable bonds is 5. The van der Waals surface area contributed by atoms with Gasteiger partial charge >= 0.3 is 0 Å². The maximum absolute atomic E-state index is 13.8. The highest BCUT2D eigenvalue weighted by molar-refractivity contribution is 5.97. The van der Waals surface area contributed by atoms with Crippen molar-refractivity contribution >= 4 is 28.4 Å². The molecule has 9 nitrogen and oxygen atoms in total. The van der Waals surface area contributed by atoms with Gasteiger partial charge in [-0.15, -0.1) is 0 Å². The molecule has 0 radical (unpaired) electrons. The number of H-pyrrole nitrogens is 1. The first-order chi connectivity index (χ1) is 17.9. The van der Waals surface area contributed by atoms with E-state index in [2.05, 4.69) is 4.98 Å². The smallest absolute Gasteiger partial charge is 0.246 e. The molecular formula is C28H26N4O5. The second-order valence-corrected chi connectivity index (χ2v) is 9.46. The Hall–Kier alpha value is -4.18. The molecule has 0 spiro atoms. The molecule has 2 aliphatic rings. The van der Waals surface area contributed by atoms with Crippen LogP contribution in [0.4, 0.5) is 5.69 Å². The molecule has 1 fully saturated rings. The van der Waals surface area contributed by atoms with Gasteiger partial charge in [-0.2, -0.15) is 5.23 Å². The SMILES string of the molecule is COc1ccc(CN2CC(=O)N3C(Cc4c([nH]c5ccccc45)C3c3ccc([NH+]([O-])O)cc3)C2=O)cc1. The lowest BCUT2D eigenvalue weighted by molar-refractivity contribution is -0.991. The molecule has 0 saturated carbocycles. The van der Waals surface area contributed by atoms with Gasteiger partial charge in [0.1, 0.15) is 18.3 Å². The van der Waals surface area contributed by atoms with Crippen LogP contribution in [0.3, 0.4) is 0 Å². The highest BCUT2D eigenvalue weighted by Crippen LogP contribution is 2.42. The number of nitrogens with one attached hydrogen (secondary N) is 2. The minimum Gasteiger partial charge on any atom is -0.595 e. The third kappa shape index (κ3) is 3.93. The molecule has 6 rings (SSSR count). The summed E-state index contributed by atoms with van der Waals surface area (Å²) in [6.07, 6.45) is 0.409. The van der Waals surface area contributed by atoms with Crippen LogP contribution in [-0.2, 0) is 22.6 Å². The summed E-state index contributed by atoms with van der Waals surface area (Å²) in [6, 6.07) is 20.7. The molecular weight excluding hydrogens is 472 g/mol. The molecule has 1 aromatic heterocycles. The number of carbonyl (C=O) groups excluding carboxylic acids is 2. The van der Waals surface area contributed by atoms with Gasteiger partial charge < -0.3 is 24.7 Å². The number of ether oxygens (including phenoxy) is 1. The van der Waals surface area contributed by atoms with Gasteiger partial charge in [0.15, 0.2) is 5.69 Å². The van der Waals surface area contributed by atoms with Crippen molar-refractivity contribution in [2.75, 3.05) is 13.7 Å². The van der Waals surface area contributed by atoms with Gasteiger partial charge in [0.2, 0.25) is 11.8 Å².